The molecule has 1 aromatic rings. The predicted octanol–water partition coefficient (Wildman–Crippen LogP) is 0.105. The highest BCUT2D eigenvalue weighted by atomic mass is 31.0. The molecule has 3 unspecified atom stereocenters. The van der Waals surface area contributed by atoms with Crippen LogP contribution in [0.4, 0.5) is 0 Å². The van der Waals surface area contributed by atoms with Crippen molar-refractivity contribution in [3.05, 3.63) is 23.2 Å². The lowest BCUT2D eigenvalue weighted by Crippen LogP contribution is -2.21. The van der Waals surface area contributed by atoms with Gasteiger partial charge in [-0.15, -0.1) is 8.19 Å². The Hall–Kier alpha value is -0.340. The van der Waals surface area contributed by atoms with Crippen LogP contribution in [0.3, 0.4) is 0 Å². The van der Waals surface area contributed by atoms with Gasteiger partial charge < -0.3 is 15.3 Å². The first-order valence-electron chi connectivity index (χ1n) is 3.35. The van der Waals surface area contributed by atoms with E-state index in [-0.39, 0.29) is 0 Å². The molecule has 0 saturated heterocycles. The molecule has 0 aliphatic heterocycles. The number of aliphatic hydroxyl groups is 3. The molecule has 0 aliphatic carbocycles. The normalized spacial score (nSPS) is 17.0. The maximum absolute atomic E-state index is 9.29. The summed E-state index contributed by atoms with van der Waals surface area (Å²) >= 11 is 0. The molecule has 3 atom stereocenters. The molecule has 62 valence electrons. The van der Waals surface area contributed by atoms with Crippen LogP contribution in [-0.2, 0) is 0 Å². The van der Waals surface area contributed by atoms with Gasteiger partial charge in [0.2, 0.25) is 0 Å². The third-order valence-electron chi connectivity index (χ3n) is 1.52. The van der Waals surface area contributed by atoms with Gasteiger partial charge in [-0.1, -0.05) is 6.07 Å². The quantitative estimate of drug-likeness (QED) is 0.609. The average Bonchev–Trinajstić information content (AvgIpc) is 2.53. The minimum absolute atomic E-state index is 0.407. The van der Waals surface area contributed by atoms with E-state index in [0.717, 1.165) is 0 Å². The molecule has 1 aromatic heterocycles. The largest absolute Gasteiger partial charge is 0.394 e. The van der Waals surface area contributed by atoms with E-state index in [4.69, 9.17) is 10.2 Å². The molecule has 0 bridgehead atoms. The van der Waals surface area contributed by atoms with E-state index < -0.39 is 18.8 Å². The number of hydrogen-bond acceptors (Lipinski definition) is 3. The molecule has 0 aromatic carbocycles. The molecule has 0 spiro atoms. The zero-order valence-corrected chi connectivity index (χ0v) is 6.94. The Bertz CT molecular complexity index is 197. The Balaban J connectivity index is 2.62. The van der Waals surface area contributed by atoms with Crippen LogP contribution >= 0.6 is 8.19 Å². The molecule has 0 saturated carbocycles. The zero-order valence-electron chi connectivity index (χ0n) is 5.94. The fourth-order valence-corrected chi connectivity index (χ4v) is 1.69. The van der Waals surface area contributed by atoms with Crippen molar-refractivity contribution in [2.45, 2.75) is 12.2 Å². The molecule has 0 amide bonds. The maximum Gasteiger partial charge on any atom is 0.107 e. The van der Waals surface area contributed by atoms with Gasteiger partial charge in [0.05, 0.1) is 6.61 Å². The molecule has 0 fully saturated rings. The first kappa shape index (κ1) is 8.75. The highest BCUT2D eigenvalue weighted by Gasteiger charge is 2.16. The van der Waals surface area contributed by atoms with Crippen molar-refractivity contribution in [2.24, 2.45) is 0 Å². The minimum atomic E-state index is -1.06. The average molecular weight is 174 g/mol. The van der Waals surface area contributed by atoms with Crippen molar-refractivity contribution in [1.29, 1.82) is 0 Å². The summed E-state index contributed by atoms with van der Waals surface area (Å²) in [6.07, 6.45) is -2.00. The zero-order chi connectivity index (χ0) is 8.27. The van der Waals surface area contributed by atoms with Gasteiger partial charge in [-0.05, 0) is 17.2 Å². The molecule has 11 heavy (non-hydrogen) atoms. The Morgan fingerprint density at radius 3 is 2.64 bits per heavy atom. The molecular weight excluding hydrogens is 163 g/mol. The summed E-state index contributed by atoms with van der Waals surface area (Å²) in [5.41, 5.74) is 0.699. The molecule has 0 aliphatic rings. The van der Waals surface area contributed by atoms with Crippen molar-refractivity contribution in [3.63, 3.8) is 0 Å². The molecular formula is C7H11O3P. The topological polar surface area (TPSA) is 60.7 Å². The van der Waals surface area contributed by atoms with Crippen LogP contribution in [0.1, 0.15) is 11.7 Å². The van der Waals surface area contributed by atoms with Crippen molar-refractivity contribution in [3.8, 4) is 0 Å². The second-order valence-electron chi connectivity index (χ2n) is 2.34. The summed E-state index contributed by atoms with van der Waals surface area (Å²) in [6.45, 7) is -0.407. The number of hydrogen-bond donors (Lipinski definition) is 3. The molecule has 3 nitrogen and oxygen atoms in total. The van der Waals surface area contributed by atoms with E-state index in [0.29, 0.717) is 13.8 Å². The molecule has 1 rings (SSSR count). The van der Waals surface area contributed by atoms with Crippen molar-refractivity contribution in [2.75, 3.05) is 6.61 Å². The van der Waals surface area contributed by atoms with Gasteiger partial charge in [0.25, 0.3) is 0 Å². The highest BCUT2D eigenvalue weighted by Crippen LogP contribution is 2.21. The summed E-state index contributed by atoms with van der Waals surface area (Å²) in [5.74, 6) is 3.77. The van der Waals surface area contributed by atoms with Crippen LogP contribution in [-0.4, -0.2) is 28.0 Å². The fourth-order valence-electron chi connectivity index (χ4n) is 0.843. The van der Waals surface area contributed by atoms with Gasteiger partial charge >= 0.3 is 0 Å². The molecule has 3 N–H and O–H groups in total. The van der Waals surface area contributed by atoms with Gasteiger partial charge in [-0.2, -0.15) is 0 Å². The van der Waals surface area contributed by atoms with Gasteiger partial charge in [-0.25, -0.2) is 0 Å². The predicted molar refractivity (Wildman–Crippen MR) is 44.0 cm³/mol. The van der Waals surface area contributed by atoms with Crippen LogP contribution < -0.4 is 0 Å². The third-order valence-corrected chi connectivity index (χ3v) is 2.37. The summed E-state index contributed by atoms with van der Waals surface area (Å²) in [5, 5.41) is 26.8. The lowest BCUT2D eigenvalue weighted by Gasteiger charge is -2.13. The van der Waals surface area contributed by atoms with E-state index in [1.807, 2.05) is 11.6 Å². The lowest BCUT2D eigenvalue weighted by molar-refractivity contribution is -0.0150. The summed E-state index contributed by atoms with van der Waals surface area (Å²) < 4.78 is 0. The smallest absolute Gasteiger partial charge is 0.107 e. The minimum Gasteiger partial charge on any atom is -0.394 e. The second kappa shape index (κ2) is 3.88. The van der Waals surface area contributed by atoms with E-state index in [2.05, 4.69) is 0 Å². The molecule has 1 heterocycles. The monoisotopic (exact) mass is 174 g/mol. The summed E-state index contributed by atoms with van der Waals surface area (Å²) in [6, 6.07) is 1.77. The second-order valence-corrected chi connectivity index (χ2v) is 3.29. The van der Waals surface area contributed by atoms with Crippen LogP contribution in [0.2, 0.25) is 0 Å². The maximum atomic E-state index is 9.29. The first-order chi connectivity index (χ1) is 5.25. The standard InChI is InChI=1S/C7H11O3P/c8-3-6(9)7(10)5-1-2-11-4-5/h1-2,4,6-11H,3H2. The van der Waals surface area contributed by atoms with Crippen molar-refractivity contribution in [1.82, 2.24) is 0 Å². The van der Waals surface area contributed by atoms with Crippen molar-refractivity contribution < 1.29 is 15.3 Å². The van der Waals surface area contributed by atoms with E-state index >= 15 is 0 Å². The Labute approximate surface area is 66.4 Å². The van der Waals surface area contributed by atoms with E-state index in [9.17, 15) is 5.11 Å². The van der Waals surface area contributed by atoms with Crippen molar-refractivity contribution >= 4 is 8.19 Å². The molecule has 0 radical (unpaired) electrons. The summed E-state index contributed by atoms with van der Waals surface area (Å²) in [7, 11) is 0.581. The Morgan fingerprint density at radius 1 is 1.45 bits per heavy atom. The highest BCUT2D eigenvalue weighted by molar-refractivity contribution is 7.28. The lowest BCUT2D eigenvalue weighted by atomic mass is 10.1. The van der Waals surface area contributed by atoms with Crippen LogP contribution in [0.25, 0.3) is 0 Å². The van der Waals surface area contributed by atoms with Crippen LogP contribution in [0.15, 0.2) is 17.7 Å². The van der Waals surface area contributed by atoms with Gasteiger partial charge in [0.1, 0.15) is 12.2 Å². The first-order valence-corrected chi connectivity index (χ1v) is 4.51. The third kappa shape index (κ3) is 2.04. The van der Waals surface area contributed by atoms with Gasteiger partial charge in [0.15, 0.2) is 0 Å². The SMILES string of the molecule is OCC(O)C(O)c1cc[pH]c1. The fraction of sp³-hybridized carbons (Fsp3) is 0.429. The Morgan fingerprint density at radius 2 is 2.18 bits per heavy atom. The van der Waals surface area contributed by atoms with E-state index in [1.54, 1.807) is 6.07 Å². The van der Waals surface area contributed by atoms with Gasteiger partial charge in [0, 0.05) is 0 Å². The number of aliphatic hydroxyl groups excluding tert-OH is 3. The van der Waals surface area contributed by atoms with Crippen LogP contribution in [0.5, 0.6) is 0 Å². The van der Waals surface area contributed by atoms with E-state index in [1.165, 1.54) is 0 Å². The Kier molecular flexibility index (Phi) is 3.09. The summed E-state index contributed by atoms with van der Waals surface area (Å²) in [4.78, 5) is 0. The molecule has 4 heteroatoms. The van der Waals surface area contributed by atoms with Crippen LogP contribution in [0, 0.1) is 0 Å². The van der Waals surface area contributed by atoms with Gasteiger partial charge in [-0.3, -0.25) is 0 Å². The number of rotatable bonds is 3.